The molecule has 0 radical (unpaired) electrons. The molecule has 5 heteroatoms. The lowest BCUT2D eigenvalue weighted by Crippen LogP contribution is -2.33. The Morgan fingerprint density at radius 1 is 1.35 bits per heavy atom. The van der Waals surface area contributed by atoms with Gasteiger partial charge in [0, 0.05) is 14.8 Å². The van der Waals surface area contributed by atoms with Crippen molar-refractivity contribution in [3.63, 3.8) is 0 Å². The molecule has 2 aliphatic rings. The zero-order valence-corrected chi connectivity index (χ0v) is 12.0. The van der Waals surface area contributed by atoms with E-state index in [4.69, 9.17) is 11.6 Å². The number of rotatable bonds is 1. The van der Waals surface area contributed by atoms with Crippen LogP contribution in [0.15, 0.2) is 33.7 Å². The average molecular weight is 331 g/mol. The van der Waals surface area contributed by atoms with Crippen molar-refractivity contribution in [2.75, 3.05) is 0 Å². The van der Waals surface area contributed by atoms with Gasteiger partial charge in [0.25, 0.3) is 5.91 Å². The number of thioether (sulfide) groups is 1. The first-order valence-electron chi connectivity index (χ1n) is 5.32. The predicted octanol–water partition coefficient (Wildman–Crippen LogP) is 3.61. The molecule has 1 amide bonds. The van der Waals surface area contributed by atoms with Crippen LogP contribution >= 0.6 is 39.3 Å². The number of hydrogen-bond donors (Lipinski definition) is 0. The highest BCUT2D eigenvalue weighted by atomic mass is 79.9. The molecule has 1 fully saturated rings. The van der Waals surface area contributed by atoms with Crippen LogP contribution in [0.5, 0.6) is 0 Å². The Labute approximate surface area is 117 Å². The van der Waals surface area contributed by atoms with Gasteiger partial charge in [-0.15, -0.1) is 11.6 Å². The first-order chi connectivity index (χ1) is 8.11. The van der Waals surface area contributed by atoms with Crippen molar-refractivity contribution in [2.24, 2.45) is 4.99 Å². The lowest BCUT2D eigenvalue weighted by atomic mass is 10.2. The Morgan fingerprint density at radius 2 is 2.00 bits per heavy atom. The number of halogens is 2. The van der Waals surface area contributed by atoms with E-state index in [-0.39, 0.29) is 10.7 Å². The minimum absolute atomic E-state index is 0.0806. The van der Waals surface area contributed by atoms with E-state index < -0.39 is 5.38 Å². The third kappa shape index (κ3) is 2.07. The maximum Gasteiger partial charge on any atom is 0.266 e. The molecule has 88 valence electrons. The molecule has 1 aromatic rings. The van der Waals surface area contributed by atoms with Gasteiger partial charge in [-0.05, 0) is 25.0 Å². The average Bonchev–Trinajstić information content (AvgIpc) is 3.07. The van der Waals surface area contributed by atoms with Crippen LogP contribution < -0.4 is 0 Å². The van der Waals surface area contributed by atoms with Gasteiger partial charge in [-0.1, -0.05) is 39.8 Å². The summed E-state index contributed by atoms with van der Waals surface area (Å²) in [6.07, 6.45) is 2.01. The SMILES string of the molecule is O=C1N=C(c2ccc(Br)cc2)SC2(CC2)C1Cl. The van der Waals surface area contributed by atoms with E-state index in [9.17, 15) is 4.79 Å². The first kappa shape index (κ1) is 11.8. The van der Waals surface area contributed by atoms with Crippen LogP contribution in [0.25, 0.3) is 0 Å². The number of amides is 1. The molecule has 1 aromatic carbocycles. The number of carbonyl (C=O) groups excluding carboxylic acids is 1. The second-order valence-electron chi connectivity index (χ2n) is 4.29. The monoisotopic (exact) mass is 329 g/mol. The molecule has 1 heterocycles. The van der Waals surface area contributed by atoms with E-state index in [2.05, 4.69) is 20.9 Å². The van der Waals surface area contributed by atoms with Crippen LogP contribution in [0.1, 0.15) is 18.4 Å². The number of nitrogens with zero attached hydrogens (tertiary/aromatic N) is 1. The number of aliphatic imine (C=N–C) groups is 1. The van der Waals surface area contributed by atoms with Crippen molar-refractivity contribution in [3.8, 4) is 0 Å². The summed E-state index contributed by atoms with van der Waals surface area (Å²) < 4.78 is 0.938. The molecule has 1 aliphatic heterocycles. The predicted molar refractivity (Wildman–Crippen MR) is 74.9 cm³/mol. The molecule has 17 heavy (non-hydrogen) atoms. The van der Waals surface area contributed by atoms with Crippen LogP contribution in [-0.4, -0.2) is 21.1 Å². The third-order valence-corrected chi connectivity index (χ3v) is 5.86. The summed E-state index contributed by atoms with van der Waals surface area (Å²) in [6, 6.07) is 7.84. The lowest BCUT2D eigenvalue weighted by molar-refractivity contribution is -0.117. The smallest absolute Gasteiger partial charge is 0.266 e. The topological polar surface area (TPSA) is 29.4 Å². The van der Waals surface area contributed by atoms with Crippen molar-refractivity contribution < 1.29 is 4.79 Å². The Kier molecular flexibility index (Phi) is 2.84. The summed E-state index contributed by atoms with van der Waals surface area (Å²) in [5, 5.41) is 0.351. The normalized spacial score (nSPS) is 25.9. The molecule has 3 rings (SSSR count). The number of alkyl halides is 1. The van der Waals surface area contributed by atoms with Crippen molar-refractivity contribution in [2.45, 2.75) is 23.0 Å². The zero-order valence-electron chi connectivity index (χ0n) is 8.82. The van der Waals surface area contributed by atoms with Crippen molar-refractivity contribution in [1.82, 2.24) is 0 Å². The summed E-state index contributed by atoms with van der Waals surface area (Å²) in [5.74, 6) is -0.194. The molecule has 1 spiro atoms. The van der Waals surface area contributed by atoms with Crippen molar-refractivity contribution in [3.05, 3.63) is 34.3 Å². The Morgan fingerprint density at radius 3 is 2.59 bits per heavy atom. The molecular formula is C12H9BrClNOS. The molecule has 0 saturated heterocycles. The van der Waals surface area contributed by atoms with Gasteiger partial charge in [-0.2, -0.15) is 0 Å². The quantitative estimate of drug-likeness (QED) is 0.736. The summed E-state index contributed by atoms with van der Waals surface area (Å²) in [6.45, 7) is 0. The van der Waals surface area contributed by atoms with Crippen LogP contribution in [0, 0.1) is 0 Å². The van der Waals surface area contributed by atoms with Gasteiger partial charge < -0.3 is 0 Å². The largest absolute Gasteiger partial charge is 0.271 e. The zero-order chi connectivity index (χ0) is 12.0. The van der Waals surface area contributed by atoms with Gasteiger partial charge in [-0.3, -0.25) is 4.79 Å². The highest BCUT2D eigenvalue weighted by molar-refractivity contribution is 9.10. The Balaban J connectivity index is 1.96. The highest BCUT2D eigenvalue weighted by Gasteiger charge is 2.55. The van der Waals surface area contributed by atoms with E-state index in [1.807, 2.05) is 24.3 Å². The number of carbonyl (C=O) groups is 1. The molecule has 0 aromatic heterocycles. The van der Waals surface area contributed by atoms with Gasteiger partial charge in [0.15, 0.2) is 0 Å². The van der Waals surface area contributed by atoms with Crippen molar-refractivity contribution in [1.29, 1.82) is 0 Å². The fraction of sp³-hybridized carbons (Fsp3) is 0.333. The number of hydrogen-bond acceptors (Lipinski definition) is 2. The molecule has 1 atom stereocenters. The van der Waals surface area contributed by atoms with Crippen LogP contribution in [0.3, 0.4) is 0 Å². The van der Waals surface area contributed by atoms with Crippen LogP contribution in [-0.2, 0) is 4.79 Å². The molecule has 0 N–H and O–H groups in total. The molecule has 1 unspecified atom stereocenters. The van der Waals surface area contributed by atoms with E-state index in [1.54, 1.807) is 11.8 Å². The van der Waals surface area contributed by atoms with Gasteiger partial charge >= 0.3 is 0 Å². The molecular weight excluding hydrogens is 322 g/mol. The second-order valence-corrected chi connectivity index (χ2v) is 7.05. The molecule has 1 aliphatic carbocycles. The Bertz CT molecular complexity index is 510. The molecule has 1 saturated carbocycles. The van der Waals surface area contributed by atoms with Gasteiger partial charge in [0.2, 0.25) is 0 Å². The van der Waals surface area contributed by atoms with Gasteiger partial charge in [0.05, 0.1) is 0 Å². The van der Waals surface area contributed by atoms with E-state index in [1.165, 1.54) is 0 Å². The summed E-state index contributed by atoms with van der Waals surface area (Å²) in [5.41, 5.74) is 0.987. The first-order valence-corrected chi connectivity index (χ1v) is 7.37. The maximum absolute atomic E-state index is 11.8. The van der Waals surface area contributed by atoms with Crippen molar-refractivity contribution >= 4 is 50.2 Å². The maximum atomic E-state index is 11.8. The van der Waals surface area contributed by atoms with E-state index in [0.717, 1.165) is 27.9 Å². The fourth-order valence-electron chi connectivity index (χ4n) is 1.84. The van der Waals surface area contributed by atoms with E-state index >= 15 is 0 Å². The molecule has 2 nitrogen and oxygen atoms in total. The number of benzene rings is 1. The minimum Gasteiger partial charge on any atom is -0.271 e. The van der Waals surface area contributed by atoms with E-state index in [0.29, 0.717) is 0 Å². The van der Waals surface area contributed by atoms with Crippen LogP contribution in [0.4, 0.5) is 0 Å². The highest BCUT2D eigenvalue weighted by Crippen LogP contribution is 2.56. The fourth-order valence-corrected chi connectivity index (χ4v) is 3.79. The molecule has 0 bridgehead atoms. The van der Waals surface area contributed by atoms with Gasteiger partial charge in [-0.25, -0.2) is 4.99 Å². The Hall–Kier alpha value is -0.320. The summed E-state index contributed by atoms with van der Waals surface area (Å²) in [7, 11) is 0. The second kappa shape index (κ2) is 4.11. The minimum atomic E-state index is -0.452. The van der Waals surface area contributed by atoms with Crippen LogP contribution in [0.2, 0.25) is 0 Å². The lowest BCUT2D eigenvalue weighted by Gasteiger charge is -2.24. The van der Waals surface area contributed by atoms with Gasteiger partial charge in [0.1, 0.15) is 10.4 Å². The summed E-state index contributed by atoms with van der Waals surface area (Å²) >= 11 is 11.2. The standard InChI is InChI=1S/C12H9BrClNOS/c13-8-3-1-7(2-4-8)11-15-10(16)9(14)12(17-11)5-6-12/h1-4,9H,5-6H2. The third-order valence-electron chi connectivity index (χ3n) is 3.02. The summed E-state index contributed by atoms with van der Waals surface area (Å²) in [4.78, 5) is 15.9.